The summed E-state index contributed by atoms with van der Waals surface area (Å²) in [6.07, 6.45) is -1.20. The van der Waals surface area contributed by atoms with E-state index in [1.165, 1.54) is 12.1 Å². The molecule has 4 rings (SSSR count). The summed E-state index contributed by atoms with van der Waals surface area (Å²) in [7, 11) is -3.33. The lowest BCUT2D eigenvalue weighted by Gasteiger charge is -2.44. The maximum Gasteiger partial charge on any atom is 0.573 e. The molecule has 1 saturated heterocycles. The lowest BCUT2D eigenvalue weighted by atomic mass is 9.90. The van der Waals surface area contributed by atoms with Crippen LogP contribution in [-0.4, -0.2) is 64.7 Å². The zero-order chi connectivity index (χ0) is 26.6. The van der Waals surface area contributed by atoms with Crippen molar-refractivity contribution in [3.05, 3.63) is 48.5 Å². The molecular formula is C26H36F3N3O4S. The van der Waals surface area contributed by atoms with Gasteiger partial charge in [0.2, 0.25) is 0 Å². The summed E-state index contributed by atoms with van der Waals surface area (Å²) in [5.74, 6) is 0.516. The van der Waals surface area contributed by atoms with E-state index < -0.39 is 22.9 Å². The lowest BCUT2D eigenvalue weighted by molar-refractivity contribution is -0.274. The predicted molar refractivity (Wildman–Crippen MR) is 139 cm³/mol. The van der Waals surface area contributed by atoms with Gasteiger partial charge in [0.25, 0.3) is 0 Å². The van der Waals surface area contributed by atoms with Crippen LogP contribution in [0.3, 0.4) is 0 Å². The minimum Gasteiger partial charge on any atom is -0.489 e. The Morgan fingerprint density at radius 3 is 2.14 bits per heavy atom. The summed E-state index contributed by atoms with van der Waals surface area (Å²) in [6, 6.07) is 13.2. The van der Waals surface area contributed by atoms with Crippen molar-refractivity contribution < 1.29 is 31.8 Å². The first-order valence-corrected chi connectivity index (χ1v) is 14.2. The Kier molecular flexibility index (Phi) is 8.80. The molecule has 0 bridgehead atoms. The molecular weight excluding hydrogens is 507 g/mol. The van der Waals surface area contributed by atoms with Crippen LogP contribution in [0.15, 0.2) is 53.4 Å². The number of nitrogens with one attached hydrogen (secondary N) is 1. The molecule has 1 saturated carbocycles. The Bertz CT molecular complexity index is 1010. The first-order valence-electron chi connectivity index (χ1n) is 12.7. The number of benzene rings is 2. The van der Waals surface area contributed by atoms with Crippen molar-refractivity contribution in [3.8, 4) is 11.5 Å². The fourth-order valence-corrected chi connectivity index (χ4v) is 6.44. The maximum absolute atomic E-state index is 12.4. The van der Waals surface area contributed by atoms with Crippen LogP contribution >= 0.6 is 10.8 Å². The number of hydrogen-bond donors (Lipinski definition) is 3. The lowest BCUT2D eigenvalue weighted by Crippen LogP contribution is -2.52. The largest absolute Gasteiger partial charge is 0.573 e. The number of rotatable bonds is 8. The Morgan fingerprint density at radius 2 is 1.54 bits per heavy atom. The second kappa shape index (κ2) is 11.7. The number of anilines is 1. The number of hydrogen-bond acceptors (Lipinski definition) is 7. The Hall–Kier alpha value is -2.18. The van der Waals surface area contributed by atoms with Gasteiger partial charge in [0.1, 0.15) is 11.5 Å². The topological polar surface area (TPSA) is 77.4 Å². The first-order chi connectivity index (χ1) is 17.5. The molecule has 206 valence electrons. The molecule has 7 nitrogen and oxygen atoms in total. The van der Waals surface area contributed by atoms with Gasteiger partial charge in [-0.1, -0.05) is 12.1 Å². The highest BCUT2D eigenvalue weighted by molar-refractivity contribution is 8.22. The standard InChI is InChI=1S/C26H36F3N3O4S/c1-19(2)35-25-6-4-3-5-24(25)32-17-15-31(16-18-32)21-9-7-20(8-10-21)30-37(33,34)23-13-11-22(12-14-23)36-26(27,28)29/h3-6,11-14,19-21,30,33-34H,7-10,15-18H2,1-2H3. The molecule has 1 heterocycles. The number of alkyl halides is 3. The minimum atomic E-state index is -4.79. The van der Waals surface area contributed by atoms with Crippen molar-refractivity contribution >= 4 is 16.5 Å². The summed E-state index contributed by atoms with van der Waals surface area (Å²) in [5, 5.41) is 0. The molecule has 11 heteroatoms. The average Bonchev–Trinajstić information content (AvgIpc) is 2.84. The summed E-state index contributed by atoms with van der Waals surface area (Å²) < 4.78 is 71.2. The summed E-state index contributed by atoms with van der Waals surface area (Å²) >= 11 is 0. The summed E-state index contributed by atoms with van der Waals surface area (Å²) in [4.78, 5) is 5.04. The third-order valence-corrected chi connectivity index (χ3v) is 8.40. The predicted octanol–water partition coefficient (Wildman–Crippen LogP) is 6.12. The maximum atomic E-state index is 12.4. The molecule has 1 aliphatic carbocycles. The Morgan fingerprint density at radius 1 is 0.919 bits per heavy atom. The number of ether oxygens (including phenoxy) is 2. The fraction of sp³-hybridized carbons (Fsp3) is 0.538. The van der Waals surface area contributed by atoms with Gasteiger partial charge in [0.05, 0.1) is 16.7 Å². The van der Waals surface area contributed by atoms with Crippen LogP contribution in [0.1, 0.15) is 39.5 Å². The summed E-state index contributed by atoms with van der Waals surface area (Å²) in [5.41, 5.74) is 1.13. The van der Waals surface area contributed by atoms with Crippen molar-refractivity contribution in [3.63, 3.8) is 0 Å². The molecule has 2 aromatic carbocycles. The minimum absolute atomic E-state index is 0.0753. The van der Waals surface area contributed by atoms with Gasteiger partial charge in [-0.25, -0.2) is 4.72 Å². The molecule has 2 aliphatic rings. The number of piperazine rings is 1. The van der Waals surface area contributed by atoms with Crippen LogP contribution in [0.2, 0.25) is 0 Å². The van der Waals surface area contributed by atoms with Gasteiger partial charge in [-0.2, -0.15) is 0 Å². The molecule has 0 spiro atoms. The quantitative estimate of drug-likeness (QED) is 0.370. The summed E-state index contributed by atoms with van der Waals surface area (Å²) in [6.45, 7) is 7.82. The normalized spacial score (nSPS) is 22.2. The zero-order valence-electron chi connectivity index (χ0n) is 21.2. The van der Waals surface area contributed by atoms with Crippen molar-refractivity contribution in [2.75, 3.05) is 31.1 Å². The van der Waals surface area contributed by atoms with Crippen LogP contribution in [0.5, 0.6) is 11.5 Å². The molecule has 0 unspecified atom stereocenters. The Labute approximate surface area is 218 Å². The van der Waals surface area contributed by atoms with E-state index in [9.17, 15) is 22.3 Å². The molecule has 3 N–H and O–H groups in total. The van der Waals surface area contributed by atoms with E-state index >= 15 is 0 Å². The molecule has 1 aliphatic heterocycles. The number of nitrogens with zero attached hydrogens (tertiary/aromatic N) is 2. The molecule has 0 aromatic heterocycles. The molecule has 0 amide bonds. The van der Waals surface area contributed by atoms with E-state index in [1.54, 1.807) is 0 Å². The third kappa shape index (κ3) is 7.67. The van der Waals surface area contributed by atoms with E-state index in [0.29, 0.717) is 6.04 Å². The van der Waals surface area contributed by atoms with E-state index in [4.69, 9.17) is 4.74 Å². The van der Waals surface area contributed by atoms with Crippen molar-refractivity contribution in [1.82, 2.24) is 9.62 Å². The highest BCUT2D eigenvalue weighted by Gasteiger charge is 2.33. The highest BCUT2D eigenvalue weighted by atomic mass is 32.3. The Balaban J connectivity index is 1.25. The van der Waals surface area contributed by atoms with Gasteiger partial charge >= 0.3 is 6.36 Å². The number of halogens is 3. The van der Waals surface area contributed by atoms with E-state index in [2.05, 4.69) is 25.3 Å². The van der Waals surface area contributed by atoms with E-state index in [-0.39, 0.29) is 17.0 Å². The van der Waals surface area contributed by atoms with Gasteiger partial charge < -0.3 is 14.4 Å². The van der Waals surface area contributed by atoms with E-state index in [1.807, 2.05) is 32.0 Å². The van der Waals surface area contributed by atoms with E-state index in [0.717, 1.165) is 75.4 Å². The van der Waals surface area contributed by atoms with Crippen molar-refractivity contribution in [1.29, 1.82) is 0 Å². The van der Waals surface area contributed by atoms with Gasteiger partial charge in [0, 0.05) is 38.3 Å². The molecule has 2 aromatic rings. The van der Waals surface area contributed by atoms with Gasteiger partial charge in [0.15, 0.2) is 0 Å². The monoisotopic (exact) mass is 543 g/mol. The van der Waals surface area contributed by atoms with Crippen LogP contribution in [0, 0.1) is 0 Å². The van der Waals surface area contributed by atoms with Crippen LogP contribution < -0.4 is 19.1 Å². The van der Waals surface area contributed by atoms with Crippen LogP contribution in [0.4, 0.5) is 18.9 Å². The molecule has 0 atom stereocenters. The highest BCUT2D eigenvalue weighted by Crippen LogP contribution is 2.46. The van der Waals surface area contributed by atoms with Crippen LogP contribution in [-0.2, 0) is 0 Å². The van der Waals surface area contributed by atoms with Crippen LogP contribution in [0.25, 0.3) is 0 Å². The first kappa shape index (κ1) is 27.8. The second-order valence-electron chi connectivity index (χ2n) is 9.85. The molecule has 37 heavy (non-hydrogen) atoms. The van der Waals surface area contributed by atoms with Gasteiger partial charge in [-0.05, 0) is 75.9 Å². The average molecular weight is 544 g/mol. The molecule has 2 fully saturated rings. The van der Waals surface area contributed by atoms with Gasteiger partial charge in [-0.3, -0.25) is 14.0 Å². The number of para-hydroxylation sites is 2. The fourth-order valence-electron chi connectivity index (χ4n) is 5.09. The molecule has 0 radical (unpaired) electrons. The van der Waals surface area contributed by atoms with Crippen molar-refractivity contribution in [2.45, 2.75) is 69.0 Å². The van der Waals surface area contributed by atoms with Crippen molar-refractivity contribution in [2.24, 2.45) is 0 Å². The smallest absolute Gasteiger partial charge is 0.489 e. The second-order valence-corrected chi connectivity index (χ2v) is 11.7. The zero-order valence-corrected chi connectivity index (χ0v) is 22.0. The third-order valence-electron chi connectivity index (χ3n) is 6.81. The van der Waals surface area contributed by atoms with Gasteiger partial charge in [-0.15, -0.1) is 23.9 Å². The SMILES string of the molecule is CC(C)Oc1ccccc1N1CCN(C2CCC(NS(O)(O)c3ccc(OC(F)(F)F)cc3)CC2)CC1.